The first-order valence-corrected chi connectivity index (χ1v) is 10.8. The molecule has 0 fully saturated rings. The highest BCUT2D eigenvalue weighted by atomic mass is 35.5. The average molecular weight is 436 g/mol. The third-order valence-electron chi connectivity index (χ3n) is 5.00. The van der Waals surface area contributed by atoms with E-state index in [4.69, 9.17) is 10.7 Å². The first kappa shape index (κ1) is 22.0. The van der Waals surface area contributed by atoms with E-state index in [0.29, 0.717) is 0 Å². The molecule has 3 aromatic rings. The highest BCUT2D eigenvalue weighted by molar-refractivity contribution is 7.98. The van der Waals surface area contributed by atoms with Gasteiger partial charge in [-0.15, -0.1) is 24.2 Å². The van der Waals surface area contributed by atoms with Gasteiger partial charge >= 0.3 is 0 Å². The van der Waals surface area contributed by atoms with Gasteiger partial charge in [-0.25, -0.2) is 0 Å². The number of allylic oxidation sites excluding steroid dienone is 1. The fourth-order valence-corrected chi connectivity index (χ4v) is 4.40. The van der Waals surface area contributed by atoms with Gasteiger partial charge in [0, 0.05) is 41.2 Å². The lowest BCUT2D eigenvalue weighted by molar-refractivity contribution is 0.897. The van der Waals surface area contributed by atoms with E-state index in [1.165, 1.54) is 21.7 Å². The molecule has 4 rings (SSSR count). The molecule has 3 aromatic carbocycles. The second-order valence-electron chi connectivity index (χ2n) is 7.11. The molecule has 0 saturated heterocycles. The van der Waals surface area contributed by atoms with Gasteiger partial charge in [-0.3, -0.25) is 4.99 Å². The highest BCUT2D eigenvalue weighted by Gasteiger charge is 2.13. The molecule has 5 heteroatoms. The van der Waals surface area contributed by atoms with E-state index in [2.05, 4.69) is 78.7 Å². The van der Waals surface area contributed by atoms with Crippen molar-refractivity contribution in [2.24, 2.45) is 4.99 Å². The average Bonchev–Trinajstić information content (AvgIpc) is 2.91. The van der Waals surface area contributed by atoms with Crippen molar-refractivity contribution < 1.29 is 0 Å². The number of hydrogen-bond acceptors (Lipinski definition) is 4. The minimum absolute atomic E-state index is 0. The maximum atomic E-state index is 6.08. The molecule has 0 atom stereocenters. The van der Waals surface area contributed by atoms with Crippen LogP contribution < -0.4 is 10.6 Å². The van der Waals surface area contributed by atoms with Crippen molar-refractivity contribution in [3.8, 4) is 0 Å². The van der Waals surface area contributed by atoms with Crippen molar-refractivity contribution >= 4 is 47.3 Å². The predicted molar refractivity (Wildman–Crippen MR) is 134 cm³/mol. The second-order valence-corrected chi connectivity index (χ2v) is 8.13. The number of benzodiazepines with no additional fused rings is 1. The number of anilines is 2. The normalized spacial score (nSPS) is 13.4. The Morgan fingerprint density at radius 2 is 1.77 bits per heavy atom. The summed E-state index contributed by atoms with van der Waals surface area (Å²) in [6, 6.07) is 25.1. The SMILES string of the molecule is CN1CCN=C(C=Cc2cc(N)ccc2SCc2ccccc2)c2ccccc21.Cl. The van der Waals surface area contributed by atoms with Gasteiger partial charge in [0.05, 0.1) is 12.3 Å². The molecule has 0 amide bonds. The fraction of sp³-hybridized carbons (Fsp3) is 0.160. The fourth-order valence-electron chi connectivity index (χ4n) is 3.42. The molecule has 0 saturated carbocycles. The molecule has 1 heterocycles. The number of benzene rings is 3. The quantitative estimate of drug-likeness (QED) is 0.398. The van der Waals surface area contributed by atoms with Crippen LogP contribution in [0.5, 0.6) is 0 Å². The molecular weight excluding hydrogens is 410 g/mol. The van der Waals surface area contributed by atoms with Gasteiger partial charge < -0.3 is 10.6 Å². The zero-order valence-corrected chi connectivity index (χ0v) is 18.6. The molecule has 0 aromatic heterocycles. The maximum absolute atomic E-state index is 6.08. The number of halogens is 1. The number of fused-ring (bicyclic) bond motifs is 1. The summed E-state index contributed by atoms with van der Waals surface area (Å²) in [5.74, 6) is 0.931. The Kier molecular flexibility index (Phi) is 7.61. The summed E-state index contributed by atoms with van der Waals surface area (Å²) in [5.41, 5.74) is 12.7. The number of nitrogen functional groups attached to an aromatic ring is 1. The number of thioether (sulfide) groups is 1. The highest BCUT2D eigenvalue weighted by Crippen LogP contribution is 2.29. The van der Waals surface area contributed by atoms with E-state index in [9.17, 15) is 0 Å². The molecule has 0 aliphatic carbocycles. The molecular formula is C25H26ClN3S. The van der Waals surface area contributed by atoms with Crippen LogP contribution in [0.2, 0.25) is 0 Å². The maximum Gasteiger partial charge on any atom is 0.0668 e. The van der Waals surface area contributed by atoms with E-state index >= 15 is 0 Å². The molecule has 3 nitrogen and oxygen atoms in total. The molecule has 1 aliphatic rings. The van der Waals surface area contributed by atoms with Crippen molar-refractivity contribution in [1.29, 1.82) is 0 Å². The van der Waals surface area contributed by atoms with Crippen LogP contribution in [0.25, 0.3) is 6.08 Å². The summed E-state index contributed by atoms with van der Waals surface area (Å²) in [6.45, 7) is 1.71. The van der Waals surface area contributed by atoms with Crippen LogP contribution >= 0.6 is 24.2 Å². The van der Waals surface area contributed by atoms with Crippen LogP contribution in [-0.2, 0) is 5.75 Å². The summed E-state index contributed by atoms with van der Waals surface area (Å²) in [4.78, 5) is 8.31. The third-order valence-corrected chi connectivity index (χ3v) is 6.16. The molecule has 30 heavy (non-hydrogen) atoms. The van der Waals surface area contributed by atoms with Crippen molar-refractivity contribution in [2.75, 3.05) is 30.8 Å². The largest absolute Gasteiger partial charge is 0.399 e. The standard InChI is InChI=1S/C25H25N3S.ClH/c1-28-16-15-27-23(22-9-5-6-10-24(22)28)13-11-20-17-21(26)12-14-25(20)29-18-19-7-3-2-4-8-19;/h2-14,17H,15-16,18,26H2,1H3;1H. The number of rotatable bonds is 5. The summed E-state index contributed by atoms with van der Waals surface area (Å²) >= 11 is 1.83. The van der Waals surface area contributed by atoms with Crippen molar-refractivity contribution in [1.82, 2.24) is 0 Å². The van der Waals surface area contributed by atoms with Gasteiger partial charge in [-0.05, 0) is 41.5 Å². The van der Waals surface area contributed by atoms with E-state index in [0.717, 1.165) is 35.8 Å². The molecule has 0 bridgehead atoms. The lowest BCUT2D eigenvalue weighted by Gasteiger charge is -2.18. The van der Waals surface area contributed by atoms with Crippen LogP contribution in [0.3, 0.4) is 0 Å². The van der Waals surface area contributed by atoms with E-state index in [-0.39, 0.29) is 12.4 Å². The van der Waals surface area contributed by atoms with Crippen LogP contribution in [0.15, 0.2) is 88.8 Å². The van der Waals surface area contributed by atoms with Crippen molar-refractivity contribution in [2.45, 2.75) is 10.6 Å². The van der Waals surface area contributed by atoms with Gasteiger partial charge in [0.1, 0.15) is 0 Å². The Bertz CT molecular complexity index is 1050. The van der Waals surface area contributed by atoms with Crippen LogP contribution in [0.1, 0.15) is 16.7 Å². The zero-order chi connectivity index (χ0) is 20.1. The van der Waals surface area contributed by atoms with Crippen LogP contribution in [0, 0.1) is 0 Å². The molecule has 1 aliphatic heterocycles. The van der Waals surface area contributed by atoms with E-state index < -0.39 is 0 Å². The second kappa shape index (κ2) is 10.4. The van der Waals surface area contributed by atoms with Crippen molar-refractivity contribution in [3.05, 3.63) is 95.6 Å². The van der Waals surface area contributed by atoms with Gasteiger partial charge in [0.15, 0.2) is 0 Å². The molecule has 2 N–H and O–H groups in total. The summed E-state index contributed by atoms with van der Waals surface area (Å²) in [6.07, 6.45) is 4.27. The number of nitrogens with zero attached hydrogens (tertiary/aromatic N) is 2. The van der Waals surface area contributed by atoms with Gasteiger partial charge in [0.25, 0.3) is 0 Å². The zero-order valence-electron chi connectivity index (χ0n) is 17.0. The minimum atomic E-state index is 0. The summed E-state index contributed by atoms with van der Waals surface area (Å²) in [5, 5.41) is 0. The topological polar surface area (TPSA) is 41.6 Å². The van der Waals surface area contributed by atoms with E-state index in [1.54, 1.807) is 0 Å². The number of aliphatic imine (C=N–C) groups is 1. The first-order valence-electron chi connectivity index (χ1n) is 9.80. The lowest BCUT2D eigenvalue weighted by atomic mass is 10.1. The minimum Gasteiger partial charge on any atom is -0.399 e. The van der Waals surface area contributed by atoms with Crippen LogP contribution in [-0.4, -0.2) is 25.8 Å². The van der Waals surface area contributed by atoms with Gasteiger partial charge in [-0.2, -0.15) is 0 Å². The monoisotopic (exact) mass is 435 g/mol. The molecule has 154 valence electrons. The third kappa shape index (κ3) is 5.26. The number of hydrogen-bond donors (Lipinski definition) is 1. The summed E-state index contributed by atoms with van der Waals surface area (Å²) in [7, 11) is 2.12. The van der Waals surface area contributed by atoms with E-state index in [1.807, 2.05) is 30.0 Å². The lowest BCUT2D eigenvalue weighted by Crippen LogP contribution is -2.20. The van der Waals surface area contributed by atoms with Gasteiger partial charge in [0.2, 0.25) is 0 Å². The molecule has 0 unspecified atom stereocenters. The first-order chi connectivity index (χ1) is 14.2. The Labute approximate surface area is 189 Å². The smallest absolute Gasteiger partial charge is 0.0668 e. The molecule has 0 spiro atoms. The predicted octanol–water partition coefficient (Wildman–Crippen LogP) is 5.94. The Balaban J connectivity index is 0.00000256. The van der Waals surface area contributed by atoms with Crippen molar-refractivity contribution in [3.63, 3.8) is 0 Å². The number of nitrogens with two attached hydrogens (primary N) is 1. The molecule has 0 radical (unpaired) electrons. The number of likely N-dealkylation sites (N-methyl/N-ethyl adjacent to an activating group) is 1. The number of para-hydroxylation sites is 1. The van der Waals surface area contributed by atoms with Crippen LogP contribution in [0.4, 0.5) is 11.4 Å². The Morgan fingerprint density at radius 3 is 2.60 bits per heavy atom. The summed E-state index contributed by atoms with van der Waals surface area (Å²) < 4.78 is 0. The Hall–Kier alpha value is -2.69. The Morgan fingerprint density at radius 1 is 1.00 bits per heavy atom. The van der Waals surface area contributed by atoms with Gasteiger partial charge in [-0.1, -0.05) is 54.6 Å².